The van der Waals surface area contributed by atoms with Gasteiger partial charge in [0.05, 0.1) is 6.10 Å². The Morgan fingerprint density at radius 3 is 2.39 bits per heavy atom. The van der Waals surface area contributed by atoms with Crippen molar-refractivity contribution in [2.45, 2.75) is 52.7 Å². The highest BCUT2D eigenvalue weighted by Crippen LogP contribution is 2.32. The lowest BCUT2D eigenvalue weighted by Gasteiger charge is -2.26. The highest BCUT2D eigenvalue weighted by Gasteiger charge is 2.20. The number of para-hydroxylation sites is 1. The van der Waals surface area contributed by atoms with Crippen LogP contribution in [0, 0.1) is 5.92 Å². The molecule has 0 saturated heterocycles. The van der Waals surface area contributed by atoms with E-state index in [4.69, 9.17) is 4.74 Å². The Kier molecular flexibility index (Phi) is 6.20. The van der Waals surface area contributed by atoms with Crippen molar-refractivity contribution in [3.8, 4) is 5.75 Å². The van der Waals surface area contributed by atoms with E-state index < -0.39 is 0 Å². The lowest BCUT2D eigenvalue weighted by atomic mass is 9.90. The van der Waals surface area contributed by atoms with Crippen LogP contribution in [0.1, 0.15) is 52.1 Å². The van der Waals surface area contributed by atoms with Crippen LogP contribution >= 0.6 is 0 Å². The molecule has 2 heteroatoms. The molecule has 0 aromatic heterocycles. The molecule has 0 bridgehead atoms. The highest BCUT2D eigenvalue weighted by molar-refractivity contribution is 5.36. The average molecular weight is 249 g/mol. The molecular weight excluding hydrogens is 222 g/mol. The van der Waals surface area contributed by atoms with Gasteiger partial charge in [0.25, 0.3) is 0 Å². The second kappa shape index (κ2) is 7.42. The average Bonchev–Trinajstić information content (AvgIpc) is 2.32. The Labute approximate surface area is 112 Å². The van der Waals surface area contributed by atoms with Crippen molar-refractivity contribution in [1.82, 2.24) is 5.32 Å². The molecule has 0 aliphatic carbocycles. The van der Waals surface area contributed by atoms with Crippen LogP contribution in [0.5, 0.6) is 5.75 Å². The molecule has 1 rings (SSSR count). The molecule has 0 radical (unpaired) electrons. The second-order valence-corrected chi connectivity index (χ2v) is 5.24. The van der Waals surface area contributed by atoms with Crippen molar-refractivity contribution in [3.63, 3.8) is 0 Å². The molecule has 2 unspecified atom stereocenters. The summed E-state index contributed by atoms with van der Waals surface area (Å²) in [6.45, 7) is 8.68. The largest absolute Gasteiger partial charge is 0.491 e. The van der Waals surface area contributed by atoms with E-state index in [0.29, 0.717) is 12.0 Å². The zero-order chi connectivity index (χ0) is 13.5. The number of hydrogen-bond acceptors (Lipinski definition) is 2. The molecule has 0 fully saturated rings. The minimum absolute atomic E-state index is 0.213. The molecule has 0 amide bonds. The Hall–Kier alpha value is -1.02. The van der Waals surface area contributed by atoms with Crippen LogP contribution in [0.15, 0.2) is 24.3 Å². The van der Waals surface area contributed by atoms with Gasteiger partial charge in [0.1, 0.15) is 5.75 Å². The predicted molar refractivity (Wildman–Crippen MR) is 78.1 cm³/mol. The van der Waals surface area contributed by atoms with Gasteiger partial charge in [-0.2, -0.15) is 0 Å². The van der Waals surface area contributed by atoms with E-state index in [1.165, 1.54) is 18.4 Å². The summed E-state index contributed by atoms with van der Waals surface area (Å²) in [6.07, 6.45) is 2.65. The number of benzene rings is 1. The fourth-order valence-electron chi connectivity index (χ4n) is 2.47. The van der Waals surface area contributed by atoms with Crippen molar-refractivity contribution in [1.29, 1.82) is 0 Å². The van der Waals surface area contributed by atoms with Crippen LogP contribution in [0.2, 0.25) is 0 Å². The summed E-state index contributed by atoms with van der Waals surface area (Å²) in [5.41, 5.74) is 1.27. The normalized spacial score (nSPS) is 14.6. The van der Waals surface area contributed by atoms with Crippen molar-refractivity contribution in [2.24, 2.45) is 5.92 Å². The Morgan fingerprint density at radius 2 is 1.83 bits per heavy atom. The van der Waals surface area contributed by atoms with E-state index >= 15 is 0 Å². The van der Waals surface area contributed by atoms with Gasteiger partial charge < -0.3 is 10.1 Å². The predicted octanol–water partition coefficient (Wildman–Crippen LogP) is 4.17. The van der Waals surface area contributed by atoms with Gasteiger partial charge >= 0.3 is 0 Å². The van der Waals surface area contributed by atoms with E-state index in [1.54, 1.807) is 0 Å². The lowest BCUT2D eigenvalue weighted by Crippen LogP contribution is -2.24. The van der Waals surface area contributed by atoms with Gasteiger partial charge in [-0.15, -0.1) is 0 Å². The molecule has 2 atom stereocenters. The zero-order valence-electron chi connectivity index (χ0n) is 12.4. The van der Waals surface area contributed by atoms with Gasteiger partial charge in [0.2, 0.25) is 0 Å². The topological polar surface area (TPSA) is 21.3 Å². The Balaban J connectivity index is 2.97. The molecule has 0 aliphatic heterocycles. The monoisotopic (exact) mass is 249 g/mol. The molecule has 0 heterocycles. The summed E-state index contributed by atoms with van der Waals surface area (Å²) in [7, 11) is 2.03. The molecule has 18 heavy (non-hydrogen) atoms. The third kappa shape index (κ3) is 4.02. The summed E-state index contributed by atoms with van der Waals surface area (Å²) in [5, 5.41) is 3.44. The fraction of sp³-hybridized carbons (Fsp3) is 0.625. The first-order valence-corrected chi connectivity index (χ1v) is 7.03. The molecule has 0 saturated carbocycles. The van der Waals surface area contributed by atoms with Crippen molar-refractivity contribution in [2.75, 3.05) is 7.05 Å². The van der Waals surface area contributed by atoms with Crippen LogP contribution in [0.4, 0.5) is 0 Å². The number of hydrogen-bond donors (Lipinski definition) is 1. The third-order valence-electron chi connectivity index (χ3n) is 3.24. The minimum Gasteiger partial charge on any atom is -0.491 e. The third-order valence-corrected chi connectivity index (χ3v) is 3.24. The van der Waals surface area contributed by atoms with Gasteiger partial charge in [-0.3, -0.25) is 0 Å². The number of rotatable bonds is 7. The van der Waals surface area contributed by atoms with Crippen LogP contribution in [-0.2, 0) is 0 Å². The Morgan fingerprint density at radius 1 is 1.17 bits per heavy atom. The van der Waals surface area contributed by atoms with Gasteiger partial charge in [-0.05, 0) is 39.3 Å². The zero-order valence-corrected chi connectivity index (χ0v) is 12.4. The van der Waals surface area contributed by atoms with Crippen LogP contribution in [-0.4, -0.2) is 13.2 Å². The lowest BCUT2D eigenvalue weighted by molar-refractivity contribution is 0.234. The first kappa shape index (κ1) is 15.0. The highest BCUT2D eigenvalue weighted by atomic mass is 16.5. The Bertz CT molecular complexity index is 349. The summed E-state index contributed by atoms with van der Waals surface area (Å²) in [6, 6.07) is 8.73. The van der Waals surface area contributed by atoms with E-state index in [1.807, 2.05) is 13.1 Å². The summed E-state index contributed by atoms with van der Waals surface area (Å²) in [5.74, 6) is 1.62. The van der Waals surface area contributed by atoms with Crippen molar-refractivity contribution in [3.05, 3.63) is 29.8 Å². The molecular formula is C16H27NO. The van der Waals surface area contributed by atoms with Crippen molar-refractivity contribution >= 4 is 0 Å². The first-order chi connectivity index (χ1) is 8.60. The summed E-state index contributed by atoms with van der Waals surface area (Å²) >= 11 is 0. The van der Waals surface area contributed by atoms with E-state index in [0.717, 1.165) is 5.75 Å². The van der Waals surface area contributed by atoms with Crippen LogP contribution < -0.4 is 10.1 Å². The number of nitrogens with one attached hydrogen (secondary N) is 1. The maximum absolute atomic E-state index is 5.92. The quantitative estimate of drug-likeness (QED) is 0.783. The molecule has 1 N–H and O–H groups in total. The van der Waals surface area contributed by atoms with E-state index in [2.05, 4.69) is 51.2 Å². The minimum atomic E-state index is 0.213. The summed E-state index contributed by atoms with van der Waals surface area (Å²) in [4.78, 5) is 0. The van der Waals surface area contributed by atoms with Crippen molar-refractivity contribution < 1.29 is 4.74 Å². The van der Waals surface area contributed by atoms with Gasteiger partial charge in [0.15, 0.2) is 0 Å². The van der Waals surface area contributed by atoms with E-state index in [-0.39, 0.29) is 6.10 Å². The smallest absolute Gasteiger partial charge is 0.124 e. The van der Waals surface area contributed by atoms with Crippen LogP contribution in [0.25, 0.3) is 0 Å². The summed E-state index contributed by atoms with van der Waals surface area (Å²) < 4.78 is 5.92. The van der Waals surface area contributed by atoms with Crippen LogP contribution in [0.3, 0.4) is 0 Å². The maximum Gasteiger partial charge on any atom is 0.124 e. The second-order valence-electron chi connectivity index (χ2n) is 5.24. The molecule has 2 nitrogen and oxygen atoms in total. The molecule has 1 aromatic carbocycles. The molecule has 0 spiro atoms. The number of ether oxygens (including phenoxy) is 1. The maximum atomic E-state index is 5.92. The van der Waals surface area contributed by atoms with Gasteiger partial charge in [-0.25, -0.2) is 0 Å². The standard InChI is InChI=1S/C16H27NO/c1-6-9-13(4)16(17-5)14-10-7-8-11-15(14)18-12(2)3/h7-8,10-13,16-17H,6,9H2,1-5H3. The fourth-order valence-corrected chi connectivity index (χ4v) is 2.47. The molecule has 1 aromatic rings. The molecule has 0 aliphatic rings. The molecule has 102 valence electrons. The SMILES string of the molecule is CCCC(C)C(NC)c1ccccc1OC(C)C. The van der Waals surface area contributed by atoms with Gasteiger partial charge in [0, 0.05) is 11.6 Å². The van der Waals surface area contributed by atoms with Gasteiger partial charge in [-0.1, -0.05) is 38.5 Å². The first-order valence-electron chi connectivity index (χ1n) is 7.03. The van der Waals surface area contributed by atoms with E-state index in [9.17, 15) is 0 Å².